The minimum atomic E-state index is -4.96. The van der Waals surface area contributed by atoms with Crippen LogP contribution < -0.4 is 0 Å². The molecule has 99 heavy (non-hydrogen) atoms. The Labute approximate surface area is 607 Å². The van der Waals surface area contributed by atoms with Crippen LogP contribution in [-0.2, 0) is 65.4 Å². The molecule has 0 saturated heterocycles. The predicted octanol–water partition coefficient (Wildman–Crippen LogP) is 23.9. The first-order valence-electron chi connectivity index (χ1n) is 41.5. The number of esters is 4. The number of unbranched alkanes of at least 4 members (excludes halogenated alkanes) is 48. The minimum absolute atomic E-state index is 0.107. The van der Waals surface area contributed by atoms with Gasteiger partial charge < -0.3 is 33.8 Å². The van der Waals surface area contributed by atoms with E-state index in [0.29, 0.717) is 25.7 Å². The zero-order chi connectivity index (χ0) is 72.8. The van der Waals surface area contributed by atoms with Crippen molar-refractivity contribution in [3.8, 4) is 0 Å². The Morgan fingerprint density at radius 1 is 0.293 bits per heavy atom. The molecule has 19 heteroatoms. The van der Waals surface area contributed by atoms with E-state index in [0.717, 1.165) is 102 Å². The quantitative estimate of drug-likeness (QED) is 0.0222. The van der Waals surface area contributed by atoms with Gasteiger partial charge in [0.25, 0.3) is 0 Å². The van der Waals surface area contributed by atoms with Gasteiger partial charge in [-0.3, -0.25) is 37.3 Å². The SMILES string of the molecule is CCCCCCCCCCCCCCCCCCCCCCC(=O)O[C@H](COC(=O)CCCCCCCCCCCCCC(C)C)COP(=O)(O)OC[C@@H](O)COP(=O)(O)OC[C@@H](COC(=O)CCCCCCCCCCC(C)CC)OC(=O)CCCCCCCCCCCCCCC. The summed E-state index contributed by atoms with van der Waals surface area (Å²) < 4.78 is 68.7. The number of hydrogen-bond donors (Lipinski definition) is 3. The van der Waals surface area contributed by atoms with Gasteiger partial charge in [0.2, 0.25) is 0 Å². The maximum absolute atomic E-state index is 13.1. The Balaban J connectivity index is 5.24. The molecule has 0 saturated carbocycles. The summed E-state index contributed by atoms with van der Waals surface area (Å²) in [5, 5.41) is 10.6. The van der Waals surface area contributed by atoms with E-state index in [1.165, 1.54) is 238 Å². The molecule has 588 valence electrons. The number of ether oxygens (including phenoxy) is 4. The molecule has 0 bridgehead atoms. The van der Waals surface area contributed by atoms with Gasteiger partial charge in [0, 0.05) is 25.7 Å². The molecule has 17 nitrogen and oxygen atoms in total. The van der Waals surface area contributed by atoms with E-state index in [1.54, 1.807) is 0 Å². The second kappa shape index (κ2) is 71.7. The Morgan fingerprint density at radius 2 is 0.515 bits per heavy atom. The van der Waals surface area contributed by atoms with E-state index in [4.69, 9.17) is 37.0 Å². The average molecular weight is 1450 g/mol. The molecule has 0 aliphatic carbocycles. The second-order valence-electron chi connectivity index (χ2n) is 29.5. The molecular weight excluding hydrogens is 1290 g/mol. The third-order valence-corrected chi connectivity index (χ3v) is 21.0. The van der Waals surface area contributed by atoms with Gasteiger partial charge in [0.15, 0.2) is 12.2 Å². The summed E-state index contributed by atoms with van der Waals surface area (Å²) in [4.78, 5) is 73.0. The van der Waals surface area contributed by atoms with Gasteiger partial charge in [-0.05, 0) is 37.5 Å². The molecule has 0 fully saturated rings. The zero-order valence-corrected chi connectivity index (χ0v) is 66.6. The molecule has 0 heterocycles. The van der Waals surface area contributed by atoms with Crippen LogP contribution >= 0.6 is 15.6 Å². The van der Waals surface area contributed by atoms with Crippen molar-refractivity contribution in [2.75, 3.05) is 39.6 Å². The standard InChI is InChI=1S/C80H156O17P2/c1-7-10-12-14-16-18-20-22-23-24-25-26-27-28-30-34-39-47-53-59-65-80(85)96-75(68-90-77(82)62-56-50-44-37-35-31-32-36-42-48-54-60-72(4)5)70-94-98(86,87)92-66-74(81)67-93-99(88,89)95-71-76(69-91-78(83)63-57-51-45-41-40-43-49-55-61-73(6)9-3)97-79(84)64-58-52-46-38-33-29-21-19-17-15-13-11-8-2/h72-76,81H,7-71H2,1-6H3,(H,86,87)(H,88,89)/t73?,74-,75-,76-/m1/s1. The fourth-order valence-corrected chi connectivity index (χ4v) is 13.9. The van der Waals surface area contributed by atoms with Gasteiger partial charge in [-0.2, -0.15) is 0 Å². The lowest BCUT2D eigenvalue weighted by Gasteiger charge is -2.21. The Morgan fingerprint density at radius 3 is 0.768 bits per heavy atom. The molecule has 3 N–H and O–H groups in total. The molecule has 0 spiro atoms. The maximum atomic E-state index is 13.1. The number of carbonyl (C=O) groups is 4. The van der Waals surface area contributed by atoms with E-state index in [1.807, 2.05) is 0 Å². The predicted molar refractivity (Wildman–Crippen MR) is 405 cm³/mol. The Hall–Kier alpha value is -1.94. The Kier molecular flexibility index (Phi) is 70.3. The van der Waals surface area contributed by atoms with Crippen molar-refractivity contribution in [3.63, 3.8) is 0 Å². The summed E-state index contributed by atoms with van der Waals surface area (Å²) >= 11 is 0. The van der Waals surface area contributed by atoms with Crippen LogP contribution in [0.2, 0.25) is 0 Å². The van der Waals surface area contributed by atoms with Gasteiger partial charge in [-0.25, -0.2) is 9.13 Å². The van der Waals surface area contributed by atoms with Crippen molar-refractivity contribution >= 4 is 39.5 Å². The largest absolute Gasteiger partial charge is 0.472 e. The lowest BCUT2D eigenvalue weighted by Crippen LogP contribution is -2.30. The lowest BCUT2D eigenvalue weighted by molar-refractivity contribution is -0.161. The molecule has 0 aliphatic rings. The maximum Gasteiger partial charge on any atom is 0.472 e. The number of phosphoric ester groups is 2. The summed E-state index contributed by atoms with van der Waals surface area (Å²) in [5.74, 6) is -0.561. The molecule has 0 aromatic carbocycles. The first-order valence-corrected chi connectivity index (χ1v) is 44.5. The number of rotatable bonds is 79. The number of carbonyl (C=O) groups excluding carboxylic acids is 4. The van der Waals surface area contributed by atoms with Crippen molar-refractivity contribution in [1.29, 1.82) is 0 Å². The highest BCUT2D eigenvalue weighted by atomic mass is 31.2. The summed E-state index contributed by atoms with van der Waals surface area (Å²) in [5.41, 5.74) is 0. The third-order valence-electron chi connectivity index (χ3n) is 19.1. The van der Waals surface area contributed by atoms with Crippen LogP contribution in [0.3, 0.4) is 0 Å². The van der Waals surface area contributed by atoms with E-state index in [9.17, 15) is 43.2 Å². The fraction of sp³-hybridized carbons (Fsp3) is 0.950. The van der Waals surface area contributed by atoms with Crippen molar-refractivity contribution in [3.05, 3.63) is 0 Å². The van der Waals surface area contributed by atoms with Crippen molar-refractivity contribution in [2.24, 2.45) is 11.8 Å². The van der Waals surface area contributed by atoms with Crippen molar-refractivity contribution in [1.82, 2.24) is 0 Å². The van der Waals surface area contributed by atoms with E-state index < -0.39 is 97.5 Å². The van der Waals surface area contributed by atoms with Gasteiger partial charge in [-0.15, -0.1) is 0 Å². The third kappa shape index (κ3) is 72.8. The van der Waals surface area contributed by atoms with Crippen LogP contribution in [-0.4, -0.2) is 96.7 Å². The van der Waals surface area contributed by atoms with Gasteiger partial charge >= 0.3 is 39.5 Å². The van der Waals surface area contributed by atoms with Crippen LogP contribution in [0, 0.1) is 11.8 Å². The molecule has 0 rings (SSSR count). The monoisotopic (exact) mass is 1450 g/mol. The molecule has 0 amide bonds. The summed E-state index contributed by atoms with van der Waals surface area (Å²) in [6, 6.07) is 0. The van der Waals surface area contributed by atoms with Crippen LogP contribution in [0.5, 0.6) is 0 Å². The fourth-order valence-electron chi connectivity index (χ4n) is 12.3. The number of hydrogen-bond acceptors (Lipinski definition) is 15. The van der Waals surface area contributed by atoms with Gasteiger partial charge in [0.1, 0.15) is 19.3 Å². The average Bonchev–Trinajstić information content (AvgIpc) is 1.03. The first kappa shape index (κ1) is 97.1. The second-order valence-corrected chi connectivity index (χ2v) is 32.4. The lowest BCUT2D eigenvalue weighted by atomic mass is 9.99. The molecular formula is C80H156O17P2. The number of phosphoric acid groups is 2. The van der Waals surface area contributed by atoms with Crippen LogP contribution in [0.4, 0.5) is 0 Å². The van der Waals surface area contributed by atoms with Crippen LogP contribution in [0.1, 0.15) is 420 Å². The van der Waals surface area contributed by atoms with Crippen molar-refractivity contribution in [2.45, 2.75) is 439 Å². The van der Waals surface area contributed by atoms with Crippen molar-refractivity contribution < 1.29 is 80.2 Å². The van der Waals surface area contributed by atoms with E-state index >= 15 is 0 Å². The van der Waals surface area contributed by atoms with E-state index in [-0.39, 0.29) is 25.7 Å². The highest BCUT2D eigenvalue weighted by Gasteiger charge is 2.30. The molecule has 3 unspecified atom stereocenters. The normalized spacial score (nSPS) is 14.2. The van der Waals surface area contributed by atoms with Crippen LogP contribution in [0.25, 0.3) is 0 Å². The summed E-state index contributed by atoms with van der Waals surface area (Å²) in [6.07, 6.45) is 61.0. The molecule has 6 atom stereocenters. The zero-order valence-electron chi connectivity index (χ0n) is 64.8. The topological polar surface area (TPSA) is 237 Å². The summed E-state index contributed by atoms with van der Waals surface area (Å²) in [7, 11) is -9.92. The van der Waals surface area contributed by atoms with Crippen LogP contribution in [0.15, 0.2) is 0 Å². The van der Waals surface area contributed by atoms with Gasteiger partial charge in [0.05, 0.1) is 26.4 Å². The Bertz CT molecular complexity index is 1910. The van der Waals surface area contributed by atoms with E-state index in [2.05, 4.69) is 41.5 Å². The first-order chi connectivity index (χ1) is 47.9. The molecule has 0 aromatic rings. The molecule has 0 aromatic heterocycles. The van der Waals surface area contributed by atoms with Gasteiger partial charge in [-0.1, -0.05) is 369 Å². The number of aliphatic hydroxyl groups is 1. The molecule has 0 aliphatic heterocycles. The number of aliphatic hydroxyl groups excluding tert-OH is 1. The highest BCUT2D eigenvalue weighted by molar-refractivity contribution is 7.47. The molecule has 0 radical (unpaired) electrons. The minimum Gasteiger partial charge on any atom is -0.462 e. The summed E-state index contributed by atoms with van der Waals surface area (Å²) in [6.45, 7) is 9.64. The smallest absolute Gasteiger partial charge is 0.462 e. The highest BCUT2D eigenvalue weighted by Crippen LogP contribution is 2.45.